The number of benzene rings is 2. The molecule has 2 aromatic rings. The van der Waals surface area contributed by atoms with Crippen molar-refractivity contribution in [3.63, 3.8) is 0 Å². The summed E-state index contributed by atoms with van der Waals surface area (Å²) >= 11 is -1.50. The predicted octanol–water partition coefficient (Wildman–Crippen LogP) is 3.67. The van der Waals surface area contributed by atoms with Gasteiger partial charge in [0.25, 0.3) is 0 Å². The van der Waals surface area contributed by atoms with E-state index in [1.165, 1.54) is 18.2 Å². The van der Waals surface area contributed by atoms with E-state index in [9.17, 15) is 9.90 Å². The van der Waals surface area contributed by atoms with Gasteiger partial charge >= 0.3 is 48.0 Å². The Labute approximate surface area is 341 Å². The molecular formula is C39H63BLiO9S2. The van der Waals surface area contributed by atoms with Crippen LogP contribution in [0.1, 0.15) is 86.7 Å². The summed E-state index contributed by atoms with van der Waals surface area (Å²) in [5.41, 5.74) is 2.68. The molecule has 0 spiro atoms. The third-order valence-electron chi connectivity index (χ3n) is 10.2. The van der Waals surface area contributed by atoms with Crippen LogP contribution in [-0.2, 0) is 55.0 Å². The molecule has 0 unspecified atom stereocenters. The Bertz CT molecular complexity index is 1340. The van der Waals surface area contributed by atoms with Gasteiger partial charge in [0.15, 0.2) is 6.10 Å². The minimum atomic E-state index is -0.750. The quantitative estimate of drug-likeness (QED) is 0.243. The van der Waals surface area contributed by atoms with Gasteiger partial charge in [-0.1, -0.05) is 102 Å². The van der Waals surface area contributed by atoms with E-state index in [0.717, 1.165) is 25.7 Å². The van der Waals surface area contributed by atoms with Crippen molar-refractivity contribution in [2.75, 3.05) is 13.7 Å². The fourth-order valence-electron chi connectivity index (χ4n) is 6.32. The number of esters is 1. The van der Waals surface area contributed by atoms with Crippen LogP contribution in [-0.4, -0.2) is 74.5 Å². The van der Waals surface area contributed by atoms with Crippen LogP contribution in [0.2, 0.25) is 0 Å². The van der Waals surface area contributed by atoms with Crippen LogP contribution >= 0.6 is 0 Å². The molecule has 1 N–H and O–H groups in total. The van der Waals surface area contributed by atoms with Crippen LogP contribution in [0.25, 0.3) is 0 Å². The van der Waals surface area contributed by atoms with E-state index in [1.54, 1.807) is 0 Å². The fraction of sp³-hybridized carbons (Fsp3) is 0.615. The summed E-state index contributed by atoms with van der Waals surface area (Å²) in [5, 5.41) is 9.44. The standard InChI is InChI=1S/C18H26O3.C17H26O2.C4H6.B.Li.2O2S.2H2.H/c1-12-13(2)16(11-10-15-8-6-5-7-9-15)21-17(14(12)3)18(19)20-4;1-12-13(2)16(19-17(11-18)14(12)3)10-9-15-7-5-4-6-8-15;1-3-4-2;;;2*1-3-2;;;/h5-9,12-14,16-17H,10-11H2,1-4H3;4-8,12-14,16-18H,9-11H2,1-3H3;1-2H3;;;;;2*1H;/q;;;;+1;;;;;-1/t12-,13+,14-,16+,17+;12-,13+,14-,16+,17-;;;;;;;;/m11......../s1/i;;;;;;;2*1+1D;. The second-order valence-corrected chi connectivity index (χ2v) is 13.1. The summed E-state index contributed by atoms with van der Waals surface area (Å²) in [6.45, 7) is 17.1. The Morgan fingerprint density at radius 3 is 1.40 bits per heavy atom. The molecular weight excluding hydrogens is 694 g/mol. The van der Waals surface area contributed by atoms with Gasteiger partial charge in [-0.05, 0) is 86.2 Å². The van der Waals surface area contributed by atoms with Gasteiger partial charge < -0.3 is 20.7 Å². The Morgan fingerprint density at radius 2 is 1.06 bits per heavy atom. The van der Waals surface area contributed by atoms with Gasteiger partial charge in [-0.3, -0.25) is 0 Å². The van der Waals surface area contributed by atoms with Crippen molar-refractivity contribution in [3.05, 3.63) is 71.8 Å². The van der Waals surface area contributed by atoms with Crippen LogP contribution in [0.3, 0.4) is 0 Å². The molecule has 2 aromatic carbocycles. The third kappa shape index (κ3) is 19.6. The Kier molecular flexibility index (Phi) is 30.7. The van der Waals surface area contributed by atoms with Crippen molar-refractivity contribution < 1.29 is 67.2 Å². The van der Waals surface area contributed by atoms with E-state index in [4.69, 9.17) is 37.0 Å². The van der Waals surface area contributed by atoms with Crippen molar-refractivity contribution in [2.24, 2.45) is 35.5 Å². The van der Waals surface area contributed by atoms with Crippen LogP contribution < -0.4 is 18.9 Å². The molecule has 0 aliphatic carbocycles. The topological polar surface area (TPSA) is 133 Å². The van der Waals surface area contributed by atoms with E-state index in [-0.39, 0.29) is 65.5 Å². The normalized spacial score (nSPS) is 27.1. The van der Waals surface area contributed by atoms with Crippen molar-refractivity contribution >= 4 is 37.5 Å². The number of carbonyl (C=O) groups excluding carboxylic acids is 1. The smallest absolute Gasteiger partial charge is 1.00 e. The zero-order valence-corrected chi connectivity index (χ0v) is 34.3. The average Bonchev–Trinajstić information content (AvgIpc) is 3.21. The van der Waals surface area contributed by atoms with Gasteiger partial charge in [-0.2, -0.15) is 16.8 Å². The summed E-state index contributed by atoms with van der Waals surface area (Å²) in [5.74, 6) is 7.81. The Hall–Kier alpha value is -2.35. The fourth-order valence-corrected chi connectivity index (χ4v) is 6.32. The number of aliphatic hydroxyl groups is 1. The third-order valence-corrected chi connectivity index (χ3v) is 10.2. The van der Waals surface area contributed by atoms with Gasteiger partial charge in [0, 0.05) is 14.4 Å². The summed E-state index contributed by atoms with van der Waals surface area (Å²) in [6.07, 6.45) is 3.96. The molecule has 10 atom stereocenters. The second-order valence-electron chi connectivity index (χ2n) is 12.9. The molecule has 2 saturated heterocycles. The Morgan fingerprint density at radius 1 is 0.712 bits per heavy atom. The van der Waals surface area contributed by atoms with Crippen LogP contribution in [0.4, 0.5) is 0 Å². The van der Waals surface area contributed by atoms with Gasteiger partial charge in [-0.15, -0.1) is 11.8 Å². The molecule has 4 rings (SSSR count). The molecule has 9 nitrogen and oxygen atoms in total. The number of aryl methyl sites for hydroxylation is 2. The first-order valence-corrected chi connectivity index (χ1v) is 18.5. The number of aliphatic hydroxyl groups excluding tert-OH is 1. The number of hydrogen-bond donors (Lipinski definition) is 1. The van der Waals surface area contributed by atoms with Gasteiger partial charge in [0.1, 0.15) is 0 Å². The zero-order chi connectivity index (χ0) is 42.1. The summed E-state index contributed by atoms with van der Waals surface area (Å²) in [4.78, 5) is 11.9. The minimum absolute atomic E-state index is 0. The summed E-state index contributed by atoms with van der Waals surface area (Å²) < 4.78 is 70.2. The van der Waals surface area contributed by atoms with Crippen LogP contribution in [0.15, 0.2) is 60.7 Å². The minimum Gasteiger partial charge on any atom is -1.00 e. The van der Waals surface area contributed by atoms with E-state index >= 15 is 0 Å². The number of carbonyl (C=O) groups is 1. The van der Waals surface area contributed by atoms with Crippen molar-refractivity contribution in [1.29, 1.82) is 0 Å². The Balaban J connectivity index is -0.000000166. The molecule has 2 fully saturated rings. The largest absolute Gasteiger partial charge is 1.00 e. The molecule has 13 heteroatoms. The first kappa shape index (κ1) is 49.7. The predicted molar refractivity (Wildman–Crippen MR) is 209 cm³/mol. The van der Waals surface area contributed by atoms with Crippen molar-refractivity contribution in [1.82, 2.24) is 0 Å². The van der Waals surface area contributed by atoms with Crippen LogP contribution in [0, 0.1) is 47.3 Å². The maximum absolute atomic E-state index is 11.9. The van der Waals surface area contributed by atoms with Gasteiger partial charge in [-0.25, -0.2) is 4.79 Å². The number of hydrogen-bond acceptors (Lipinski definition) is 9. The molecule has 0 aromatic heterocycles. The van der Waals surface area contributed by atoms with E-state index in [1.807, 2.05) is 19.9 Å². The molecule has 2 heterocycles. The van der Waals surface area contributed by atoms with Crippen molar-refractivity contribution in [2.45, 2.75) is 105 Å². The van der Waals surface area contributed by atoms with E-state index < -0.39 is 29.2 Å². The van der Waals surface area contributed by atoms with E-state index in [2.05, 4.69) is 108 Å². The summed E-state index contributed by atoms with van der Waals surface area (Å²) in [6, 6.07) is 21.0. The second kappa shape index (κ2) is 32.1. The summed E-state index contributed by atoms with van der Waals surface area (Å²) in [7, 11) is 1.43. The average molecular weight is 762 g/mol. The number of methoxy groups -OCH3 is 1. The van der Waals surface area contributed by atoms with Crippen LogP contribution in [0.5, 0.6) is 0 Å². The molecule has 2 aliphatic rings. The van der Waals surface area contributed by atoms with Crippen molar-refractivity contribution in [3.8, 4) is 11.8 Å². The van der Waals surface area contributed by atoms with E-state index in [0.29, 0.717) is 29.6 Å². The van der Waals surface area contributed by atoms with Gasteiger partial charge in [0.05, 0.1) is 32.0 Å². The number of ether oxygens (including phenoxy) is 3. The SMILES string of the molecule is CC#CC.COC(=O)[C@H]1O[C@@H](CCc2ccccc2)[C@@H](C)[C@@H](C)[C@H]1C.C[C@H]1[C@@H](C)[C@@H](CO)O[C@@H](CCc2ccccc2)[C@H]1C.O=S=O.O=S=O.[2H][2H].[2H][2H].[B].[H-].[Li+]. The first-order chi connectivity index (χ1) is 25.9. The first-order valence-electron chi connectivity index (χ1n) is 19.2. The monoisotopic (exact) mass is 761 g/mol. The molecule has 52 heavy (non-hydrogen) atoms. The molecule has 0 saturated carbocycles. The number of rotatable bonds is 8. The maximum atomic E-state index is 11.9. The molecule has 0 bridgehead atoms. The molecule has 3 radical (unpaired) electrons. The maximum Gasteiger partial charge on any atom is 1.00 e. The molecule has 0 amide bonds. The molecule has 289 valence electrons. The zero-order valence-electron chi connectivity index (χ0n) is 37.7. The molecule has 2 aliphatic heterocycles. The van der Waals surface area contributed by atoms with Gasteiger partial charge in [0.2, 0.25) is 0 Å².